The van der Waals surface area contributed by atoms with Gasteiger partial charge in [-0.3, -0.25) is 9.59 Å². The van der Waals surface area contributed by atoms with E-state index in [9.17, 15) is 14.4 Å². The molecule has 1 aromatic carbocycles. The van der Waals surface area contributed by atoms with Gasteiger partial charge in [0, 0.05) is 31.9 Å². The Hall–Kier alpha value is -3.26. The minimum Gasteiger partial charge on any atom is -0.462 e. The number of carbonyl (C=O) groups is 3. The third-order valence-electron chi connectivity index (χ3n) is 4.65. The average Bonchev–Trinajstić information content (AvgIpc) is 2.74. The first-order valence-corrected chi connectivity index (χ1v) is 9.51. The van der Waals surface area contributed by atoms with Crippen LogP contribution in [0.5, 0.6) is 0 Å². The standard InChI is InChI=1S/C21H24N4O4/c1-3-29-21(28)15-7-9-16(10-8-15)22-19(26)17-5-4-6-18(23-17)20(27)25-13-11-24(2)12-14-25/h4-10H,3,11-14H2,1-2H3,(H,22,26). The van der Waals surface area contributed by atoms with Gasteiger partial charge in [0.15, 0.2) is 0 Å². The van der Waals surface area contributed by atoms with Crippen molar-refractivity contribution in [2.24, 2.45) is 0 Å². The van der Waals surface area contributed by atoms with E-state index < -0.39 is 11.9 Å². The highest BCUT2D eigenvalue weighted by atomic mass is 16.5. The second kappa shape index (κ2) is 9.29. The van der Waals surface area contributed by atoms with Crippen molar-refractivity contribution >= 4 is 23.5 Å². The molecule has 0 aliphatic carbocycles. The molecule has 8 nitrogen and oxygen atoms in total. The number of likely N-dealkylation sites (N-methyl/N-ethyl adjacent to an activating group) is 1. The van der Waals surface area contributed by atoms with Gasteiger partial charge in [-0.2, -0.15) is 0 Å². The van der Waals surface area contributed by atoms with Crippen LogP contribution in [0.25, 0.3) is 0 Å². The lowest BCUT2D eigenvalue weighted by molar-refractivity contribution is 0.0526. The second-order valence-corrected chi connectivity index (χ2v) is 6.76. The Morgan fingerprint density at radius 2 is 1.66 bits per heavy atom. The molecule has 2 aromatic rings. The number of nitrogens with one attached hydrogen (secondary N) is 1. The molecule has 0 atom stereocenters. The molecule has 2 amide bonds. The quantitative estimate of drug-likeness (QED) is 0.776. The van der Waals surface area contributed by atoms with Crippen LogP contribution in [0.2, 0.25) is 0 Å². The number of nitrogens with zero attached hydrogens (tertiary/aromatic N) is 3. The van der Waals surface area contributed by atoms with Gasteiger partial charge in [-0.15, -0.1) is 0 Å². The molecule has 0 unspecified atom stereocenters. The number of aromatic nitrogens is 1. The molecule has 1 N–H and O–H groups in total. The molecule has 0 spiro atoms. The van der Waals surface area contributed by atoms with E-state index in [1.807, 2.05) is 7.05 Å². The second-order valence-electron chi connectivity index (χ2n) is 6.76. The summed E-state index contributed by atoms with van der Waals surface area (Å²) in [4.78, 5) is 45.0. The molecule has 29 heavy (non-hydrogen) atoms. The number of anilines is 1. The molecular weight excluding hydrogens is 372 g/mol. The summed E-state index contributed by atoms with van der Waals surface area (Å²) in [6.45, 7) is 4.94. The van der Waals surface area contributed by atoms with Crippen molar-refractivity contribution in [1.29, 1.82) is 0 Å². The number of esters is 1. The summed E-state index contributed by atoms with van der Waals surface area (Å²) in [5.41, 5.74) is 1.32. The molecule has 1 aliphatic rings. The highest BCUT2D eigenvalue weighted by Crippen LogP contribution is 2.13. The van der Waals surface area contributed by atoms with Crippen LogP contribution in [0.1, 0.15) is 38.3 Å². The maximum atomic E-state index is 12.7. The monoisotopic (exact) mass is 396 g/mol. The fourth-order valence-corrected chi connectivity index (χ4v) is 2.95. The van der Waals surface area contributed by atoms with Gasteiger partial charge >= 0.3 is 5.97 Å². The maximum Gasteiger partial charge on any atom is 0.338 e. The summed E-state index contributed by atoms with van der Waals surface area (Å²) in [5.74, 6) is -1.02. The van der Waals surface area contributed by atoms with Crippen LogP contribution < -0.4 is 5.32 Å². The molecule has 0 bridgehead atoms. The van der Waals surface area contributed by atoms with E-state index in [1.54, 1.807) is 54.3 Å². The number of pyridine rings is 1. The molecule has 1 aromatic heterocycles. The number of hydrogen-bond donors (Lipinski definition) is 1. The number of benzene rings is 1. The smallest absolute Gasteiger partial charge is 0.338 e. The molecule has 1 aliphatic heterocycles. The number of carbonyl (C=O) groups excluding carboxylic acids is 3. The van der Waals surface area contributed by atoms with Gasteiger partial charge in [-0.1, -0.05) is 6.07 Å². The number of hydrogen-bond acceptors (Lipinski definition) is 6. The summed E-state index contributed by atoms with van der Waals surface area (Å²) < 4.78 is 4.93. The van der Waals surface area contributed by atoms with Gasteiger partial charge < -0.3 is 19.9 Å². The van der Waals surface area contributed by atoms with Crippen LogP contribution >= 0.6 is 0 Å². The summed E-state index contributed by atoms with van der Waals surface area (Å²) >= 11 is 0. The summed E-state index contributed by atoms with van der Waals surface area (Å²) in [6.07, 6.45) is 0. The Morgan fingerprint density at radius 3 is 2.31 bits per heavy atom. The SMILES string of the molecule is CCOC(=O)c1ccc(NC(=O)c2cccc(C(=O)N3CCN(C)CC3)n2)cc1. The van der Waals surface area contributed by atoms with Crippen molar-refractivity contribution < 1.29 is 19.1 Å². The van der Waals surface area contributed by atoms with Gasteiger partial charge in [-0.25, -0.2) is 9.78 Å². The highest BCUT2D eigenvalue weighted by Gasteiger charge is 2.22. The number of amides is 2. The average molecular weight is 396 g/mol. The molecular formula is C21H24N4O4. The normalized spacial score (nSPS) is 14.3. The van der Waals surface area contributed by atoms with Crippen LogP contribution in [0.3, 0.4) is 0 Å². The Balaban J connectivity index is 1.66. The van der Waals surface area contributed by atoms with Crippen molar-refractivity contribution in [3.8, 4) is 0 Å². The third-order valence-corrected chi connectivity index (χ3v) is 4.65. The molecule has 3 rings (SSSR count). The number of piperazine rings is 1. The van der Waals surface area contributed by atoms with Crippen LogP contribution in [0.4, 0.5) is 5.69 Å². The number of rotatable bonds is 5. The lowest BCUT2D eigenvalue weighted by atomic mass is 10.2. The molecule has 1 fully saturated rings. The van der Waals surface area contributed by atoms with Crippen molar-refractivity contribution in [2.45, 2.75) is 6.92 Å². The lowest BCUT2D eigenvalue weighted by Gasteiger charge is -2.32. The van der Waals surface area contributed by atoms with Gasteiger partial charge in [0.05, 0.1) is 12.2 Å². The fourth-order valence-electron chi connectivity index (χ4n) is 2.95. The molecule has 152 valence electrons. The predicted octanol–water partition coefficient (Wildman–Crippen LogP) is 1.90. The van der Waals surface area contributed by atoms with Gasteiger partial charge in [0.1, 0.15) is 11.4 Å². The van der Waals surface area contributed by atoms with E-state index in [4.69, 9.17) is 4.74 Å². The Morgan fingerprint density at radius 1 is 1.00 bits per heavy atom. The van der Waals surface area contributed by atoms with Gasteiger partial charge in [0.2, 0.25) is 0 Å². The first-order chi connectivity index (χ1) is 14.0. The third kappa shape index (κ3) is 5.17. The predicted molar refractivity (Wildman–Crippen MR) is 108 cm³/mol. The first kappa shape index (κ1) is 20.5. The zero-order chi connectivity index (χ0) is 20.8. The van der Waals surface area contributed by atoms with Crippen LogP contribution in [-0.4, -0.2) is 72.4 Å². The van der Waals surface area contributed by atoms with Gasteiger partial charge in [0.25, 0.3) is 11.8 Å². The van der Waals surface area contributed by atoms with Crippen molar-refractivity contribution in [3.63, 3.8) is 0 Å². The summed E-state index contributed by atoms with van der Waals surface area (Å²) in [5, 5.41) is 2.72. The molecule has 2 heterocycles. The summed E-state index contributed by atoms with van der Waals surface area (Å²) in [7, 11) is 2.02. The largest absolute Gasteiger partial charge is 0.462 e. The van der Waals surface area contributed by atoms with E-state index in [2.05, 4.69) is 15.2 Å². The highest BCUT2D eigenvalue weighted by molar-refractivity contribution is 6.04. The van der Waals surface area contributed by atoms with Crippen LogP contribution in [0, 0.1) is 0 Å². The van der Waals surface area contributed by atoms with Crippen molar-refractivity contribution in [2.75, 3.05) is 45.2 Å². The van der Waals surface area contributed by atoms with E-state index in [0.717, 1.165) is 13.1 Å². The Kier molecular flexibility index (Phi) is 6.56. The maximum absolute atomic E-state index is 12.7. The topological polar surface area (TPSA) is 91.8 Å². The van der Waals surface area contributed by atoms with E-state index in [0.29, 0.717) is 30.9 Å². The van der Waals surface area contributed by atoms with Crippen molar-refractivity contribution in [3.05, 3.63) is 59.4 Å². The van der Waals surface area contributed by atoms with Crippen LogP contribution in [0.15, 0.2) is 42.5 Å². The zero-order valence-electron chi connectivity index (χ0n) is 16.6. The lowest BCUT2D eigenvalue weighted by Crippen LogP contribution is -2.47. The fraction of sp³-hybridized carbons (Fsp3) is 0.333. The minimum absolute atomic E-state index is 0.152. The van der Waals surface area contributed by atoms with Crippen LogP contribution in [-0.2, 0) is 4.74 Å². The number of ether oxygens (including phenoxy) is 1. The Labute approximate surface area is 169 Å². The first-order valence-electron chi connectivity index (χ1n) is 9.51. The minimum atomic E-state index is -0.429. The van der Waals surface area contributed by atoms with Gasteiger partial charge in [-0.05, 0) is 50.4 Å². The van der Waals surface area contributed by atoms with E-state index >= 15 is 0 Å². The molecule has 1 saturated heterocycles. The molecule has 8 heteroatoms. The van der Waals surface area contributed by atoms with E-state index in [-0.39, 0.29) is 17.3 Å². The Bertz CT molecular complexity index is 890. The molecule has 0 radical (unpaired) electrons. The van der Waals surface area contributed by atoms with E-state index in [1.165, 1.54) is 0 Å². The zero-order valence-corrected chi connectivity index (χ0v) is 16.6. The molecule has 0 saturated carbocycles. The summed E-state index contributed by atoms with van der Waals surface area (Å²) in [6, 6.07) is 11.2. The van der Waals surface area contributed by atoms with Crippen molar-refractivity contribution in [1.82, 2.24) is 14.8 Å².